The third-order valence-electron chi connectivity index (χ3n) is 6.14. The van der Waals surface area contributed by atoms with E-state index in [0.29, 0.717) is 46.8 Å². The molecule has 1 saturated heterocycles. The fraction of sp³-hybridized carbons (Fsp3) is 0.143. The van der Waals surface area contributed by atoms with Gasteiger partial charge in [0, 0.05) is 54.2 Å². The molecule has 2 amide bonds. The molecule has 3 N–H and O–H groups in total. The number of carbonyl (C=O) groups is 2. The lowest BCUT2D eigenvalue weighted by Gasteiger charge is -2.39. The number of aromatic nitrogens is 2. The van der Waals surface area contributed by atoms with Crippen LogP contribution in [0.3, 0.4) is 0 Å². The summed E-state index contributed by atoms with van der Waals surface area (Å²) in [7, 11) is 0. The molecule has 5 rings (SSSR count). The van der Waals surface area contributed by atoms with E-state index in [9.17, 15) is 9.59 Å². The standard InChI is InChI=1S/C28H25FN6O2/c1-3-25(37)32-22-6-4-5-18(13-22)26-24(29)12-7-19-14-30-28(34-27(19)26)33-21-10-8-20(9-11-21)31-23-15-35(16-23)17(2)36/h3-14,23,31H,1,15-16H2,2H3,(H,32,37)(H,30,33,34). The Labute approximate surface area is 213 Å². The Bertz CT molecular complexity index is 1500. The molecule has 0 saturated carbocycles. The van der Waals surface area contributed by atoms with Crippen molar-refractivity contribution in [2.75, 3.05) is 29.0 Å². The topological polar surface area (TPSA) is 99.2 Å². The summed E-state index contributed by atoms with van der Waals surface area (Å²) in [5, 5.41) is 9.96. The second-order valence-electron chi connectivity index (χ2n) is 8.80. The number of likely N-dealkylation sites (tertiary alicyclic amines) is 1. The first-order chi connectivity index (χ1) is 17.9. The molecule has 3 aromatic carbocycles. The van der Waals surface area contributed by atoms with E-state index in [1.54, 1.807) is 48.4 Å². The molecule has 2 heterocycles. The number of fused-ring (bicyclic) bond motifs is 1. The fourth-order valence-electron chi connectivity index (χ4n) is 4.19. The van der Waals surface area contributed by atoms with Crippen molar-refractivity contribution in [2.45, 2.75) is 13.0 Å². The van der Waals surface area contributed by atoms with Gasteiger partial charge in [0.15, 0.2) is 0 Å². The zero-order chi connectivity index (χ0) is 25.9. The molecule has 186 valence electrons. The maximum absolute atomic E-state index is 15.1. The van der Waals surface area contributed by atoms with Gasteiger partial charge in [-0.3, -0.25) is 9.59 Å². The van der Waals surface area contributed by atoms with E-state index >= 15 is 4.39 Å². The molecule has 4 aromatic rings. The minimum atomic E-state index is -0.431. The molecular weight excluding hydrogens is 471 g/mol. The molecule has 8 nitrogen and oxygen atoms in total. The Morgan fingerprint density at radius 3 is 2.54 bits per heavy atom. The first kappa shape index (κ1) is 23.9. The quantitative estimate of drug-likeness (QED) is 0.313. The van der Waals surface area contributed by atoms with Gasteiger partial charge in [0.25, 0.3) is 0 Å². The molecule has 0 spiro atoms. The van der Waals surface area contributed by atoms with Crippen LogP contribution in [0.15, 0.2) is 79.5 Å². The van der Waals surface area contributed by atoms with Crippen molar-refractivity contribution in [1.29, 1.82) is 0 Å². The van der Waals surface area contributed by atoms with E-state index in [2.05, 4.69) is 32.5 Å². The van der Waals surface area contributed by atoms with Gasteiger partial charge in [0.2, 0.25) is 17.8 Å². The van der Waals surface area contributed by atoms with Gasteiger partial charge in [-0.2, -0.15) is 0 Å². The Balaban J connectivity index is 1.37. The summed E-state index contributed by atoms with van der Waals surface area (Å²) in [4.78, 5) is 33.8. The van der Waals surface area contributed by atoms with Gasteiger partial charge < -0.3 is 20.9 Å². The van der Waals surface area contributed by atoms with Crippen LogP contribution in [0.4, 0.5) is 27.4 Å². The second-order valence-corrected chi connectivity index (χ2v) is 8.80. The largest absolute Gasteiger partial charge is 0.379 e. The van der Waals surface area contributed by atoms with Gasteiger partial charge in [-0.15, -0.1) is 0 Å². The smallest absolute Gasteiger partial charge is 0.247 e. The molecule has 1 fully saturated rings. The summed E-state index contributed by atoms with van der Waals surface area (Å²) in [5.74, 6) is -0.370. The minimum Gasteiger partial charge on any atom is -0.379 e. The van der Waals surface area contributed by atoms with Crippen LogP contribution in [0.1, 0.15) is 6.92 Å². The highest BCUT2D eigenvalue weighted by atomic mass is 19.1. The van der Waals surface area contributed by atoms with E-state index in [4.69, 9.17) is 0 Å². The third kappa shape index (κ3) is 5.25. The van der Waals surface area contributed by atoms with Gasteiger partial charge in [-0.25, -0.2) is 14.4 Å². The van der Waals surface area contributed by atoms with E-state index in [-0.39, 0.29) is 17.9 Å². The van der Waals surface area contributed by atoms with Crippen molar-refractivity contribution >= 4 is 45.7 Å². The van der Waals surface area contributed by atoms with Crippen LogP contribution in [-0.2, 0) is 9.59 Å². The molecule has 0 atom stereocenters. The summed E-state index contributed by atoms with van der Waals surface area (Å²) in [5.41, 5.74) is 3.59. The van der Waals surface area contributed by atoms with Gasteiger partial charge in [0.1, 0.15) is 5.82 Å². The highest BCUT2D eigenvalue weighted by Gasteiger charge is 2.28. The van der Waals surface area contributed by atoms with Crippen LogP contribution in [0, 0.1) is 5.82 Å². The molecule has 0 aliphatic carbocycles. The first-order valence-electron chi connectivity index (χ1n) is 11.8. The van der Waals surface area contributed by atoms with Crippen LogP contribution in [0.5, 0.6) is 0 Å². The van der Waals surface area contributed by atoms with Crippen LogP contribution in [0.2, 0.25) is 0 Å². The highest BCUT2D eigenvalue weighted by molar-refractivity contribution is 6.00. The SMILES string of the molecule is C=CC(=O)Nc1cccc(-c2c(F)ccc3cnc(Nc4ccc(NC5CN(C(C)=O)C5)cc4)nc23)c1. The van der Waals surface area contributed by atoms with Crippen LogP contribution < -0.4 is 16.0 Å². The molecular formula is C28H25FN6O2. The lowest BCUT2D eigenvalue weighted by Crippen LogP contribution is -2.56. The number of hydrogen-bond donors (Lipinski definition) is 3. The number of nitrogens with zero attached hydrogens (tertiary/aromatic N) is 3. The Morgan fingerprint density at radius 1 is 1.05 bits per heavy atom. The van der Waals surface area contributed by atoms with E-state index in [1.807, 2.05) is 24.3 Å². The second kappa shape index (κ2) is 10.1. The van der Waals surface area contributed by atoms with Crippen molar-refractivity contribution in [3.8, 4) is 11.1 Å². The third-order valence-corrected chi connectivity index (χ3v) is 6.14. The summed E-state index contributed by atoms with van der Waals surface area (Å²) in [6, 6.07) is 17.8. The van der Waals surface area contributed by atoms with Crippen molar-refractivity contribution in [3.05, 3.63) is 85.3 Å². The monoisotopic (exact) mass is 496 g/mol. The predicted octanol–water partition coefficient (Wildman–Crippen LogP) is 4.95. The molecule has 37 heavy (non-hydrogen) atoms. The fourth-order valence-corrected chi connectivity index (χ4v) is 4.19. The zero-order valence-corrected chi connectivity index (χ0v) is 20.2. The number of benzene rings is 3. The Hall–Kier alpha value is -4.79. The Kier molecular flexibility index (Phi) is 6.51. The number of anilines is 4. The number of hydrogen-bond acceptors (Lipinski definition) is 6. The molecule has 0 bridgehead atoms. The van der Waals surface area contributed by atoms with Crippen molar-refractivity contribution in [1.82, 2.24) is 14.9 Å². The number of halogens is 1. The number of carbonyl (C=O) groups excluding carboxylic acids is 2. The summed E-state index contributed by atoms with van der Waals surface area (Å²) in [6.07, 6.45) is 2.82. The summed E-state index contributed by atoms with van der Waals surface area (Å²) >= 11 is 0. The Morgan fingerprint density at radius 2 is 1.81 bits per heavy atom. The molecule has 9 heteroatoms. The number of rotatable bonds is 7. The normalized spacial score (nSPS) is 13.1. The summed E-state index contributed by atoms with van der Waals surface area (Å²) in [6.45, 7) is 6.42. The van der Waals surface area contributed by atoms with Gasteiger partial charge in [0.05, 0.1) is 11.6 Å². The average molecular weight is 497 g/mol. The number of nitrogens with one attached hydrogen (secondary N) is 3. The van der Waals surface area contributed by atoms with Gasteiger partial charge in [-0.05, 0) is 60.2 Å². The predicted molar refractivity (Wildman–Crippen MR) is 143 cm³/mol. The van der Waals surface area contributed by atoms with Gasteiger partial charge in [-0.1, -0.05) is 18.7 Å². The molecule has 0 unspecified atom stereocenters. The lowest BCUT2D eigenvalue weighted by atomic mass is 10.0. The molecule has 0 radical (unpaired) electrons. The molecule has 1 aromatic heterocycles. The molecule has 1 aliphatic heterocycles. The van der Waals surface area contributed by atoms with Crippen molar-refractivity contribution < 1.29 is 14.0 Å². The average Bonchev–Trinajstić information content (AvgIpc) is 2.86. The van der Waals surface area contributed by atoms with Crippen LogP contribution in [0.25, 0.3) is 22.0 Å². The van der Waals surface area contributed by atoms with Crippen LogP contribution >= 0.6 is 0 Å². The van der Waals surface area contributed by atoms with E-state index in [1.165, 1.54) is 12.1 Å². The maximum atomic E-state index is 15.1. The number of amides is 2. The lowest BCUT2D eigenvalue weighted by molar-refractivity contribution is -0.132. The van der Waals surface area contributed by atoms with Crippen LogP contribution in [-0.4, -0.2) is 45.8 Å². The zero-order valence-electron chi connectivity index (χ0n) is 20.2. The van der Waals surface area contributed by atoms with E-state index < -0.39 is 5.82 Å². The van der Waals surface area contributed by atoms with Crippen molar-refractivity contribution in [2.24, 2.45) is 0 Å². The highest BCUT2D eigenvalue weighted by Crippen LogP contribution is 2.32. The molecule has 1 aliphatic rings. The van der Waals surface area contributed by atoms with Crippen molar-refractivity contribution in [3.63, 3.8) is 0 Å². The van der Waals surface area contributed by atoms with Gasteiger partial charge >= 0.3 is 0 Å². The maximum Gasteiger partial charge on any atom is 0.247 e. The summed E-state index contributed by atoms with van der Waals surface area (Å²) < 4.78 is 15.1. The first-order valence-corrected chi connectivity index (χ1v) is 11.8. The van der Waals surface area contributed by atoms with E-state index in [0.717, 1.165) is 11.4 Å². The minimum absolute atomic E-state index is 0.0863.